The number of thiazole rings is 1. The number of aromatic nitrogens is 1. The zero-order valence-electron chi connectivity index (χ0n) is 17.2. The molecule has 4 atom stereocenters. The molecule has 1 aromatic rings. The van der Waals surface area contributed by atoms with Crippen LogP contribution in [0.5, 0.6) is 0 Å². The highest BCUT2D eigenvalue weighted by atomic mass is 32.1. The maximum Gasteiger partial charge on any atom is 0.225 e. The van der Waals surface area contributed by atoms with E-state index in [9.17, 15) is 9.59 Å². The van der Waals surface area contributed by atoms with Gasteiger partial charge in [-0.3, -0.25) is 14.5 Å². The lowest BCUT2D eigenvalue weighted by atomic mass is 9.84. The molecule has 164 valence electrons. The smallest absolute Gasteiger partial charge is 0.225 e. The first-order chi connectivity index (χ1) is 14.7. The van der Waals surface area contributed by atoms with Crippen LogP contribution in [0.4, 0.5) is 0 Å². The minimum atomic E-state index is -0.120. The number of carbonyl (C=O) groups is 2. The van der Waals surface area contributed by atoms with Crippen LogP contribution >= 0.6 is 11.3 Å². The molecule has 0 bridgehead atoms. The minimum Gasteiger partial charge on any atom is -0.378 e. The van der Waals surface area contributed by atoms with Gasteiger partial charge in [-0.15, -0.1) is 11.3 Å². The number of nitrogens with zero attached hydrogens (tertiary/aromatic N) is 3. The van der Waals surface area contributed by atoms with Gasteiger partial charge in [0.05, 0.1) is 38.9 Å². The lowest BCUT2D eigenvalue weighted by Crippen LogP contribution is -2.43. The molecule has 4 fully saturated rings. The summed E-state index contributed by atoms with van der Waals surface area (Å²) >= 11 is 1.66. The summed E-state index contributed by atoms with van der Waals surface area (Å²) in [5.41, 5.74) is 0. The van der Waals surface area contributed by atoms with Gasteiger partial charge in [0, 0.05) is 55.6 Å². The van der Waals surface area contributed by atoms with Crippen LogP contribution in [0, 0.1) is 11.8 Å². The average molecular weight is 435 g/mol. The largest absolute Gasteiger partial charge is 0.378 e. The number of fused-ring (bicyclic) bond motifs is 1. The van der Waals surface area contributed by atoms with Crippen molar-refractivity contribution in [1.29, 1.82) is 0 Å². The molecule has 3 aliphatic heterocycles. The van der Waals surface area contributed by atoms with Crippen molar-refractivity contribution in [1.82, 2.24) is 20.1 Å². The second-order valence-electron chi connectivity index (χ2n) is 8.88. The van der Waals surface area contributed by atoms with Crippen LogP contribution in [0.3, 0.4) is 0 Å². The van der Waals surface area contributed by atoms with Crippen molar-refractivity contribution in [2.24, 2.45) is 11.8 Å². The van der Waals surface area contributed by atoms with Crippen LogP contribution < -0.4 is 5.32 Å². The van der Waals surface area contributed by atoms with Crippen molar-refractivity contribution in [3.05, 3.63) is 16.6 Å². The first-order valence-electron chi connectivity index (χ1n) is 11.1. The molecule has 8 nitrogen and oxygen atoms in total. The van der Waals surface area contributed by atoms with E-state index in [4.69, 9.17) is 9.47 Å². The topological polar surface area (TPSA) is 84.0 Å². The Hall–Kier alpha value is -1.55. The van der Waals surface area contributed by atoms with E-state index in [-0.39, 0.29) is 35.8 Å². The Labute approximate surface area is 180 Å². The van der Waals surface area contributed by atoms with Gasteiger partial charge in [-0.05, 0) is 18.8 Å². The number of morpholine rings is 1. The van der Waals surface area contributed by atoms with Gasteiger partial charge in [-0.1, -0.05) is 0 Å². The highest BCUT2D eigenvalue weighted by molar-refractivity contribution is 7.09. The highest BCUT2D eigenvalue weighted by Gasteiger charge is 2.51. The van der Waals surface area contributed by atoms with Gasteiger partial charge in [0.1, 0.15) is 5.01 Å². The summed E-state index contributed by atoms with van der Waals surface area (Å²) < 4.78 is 11.5. The van der Waals surface area contributed by atoms with Crippen molar-refractivity contribution < 1.29 is 19.1 Å². The Kier molecular flexibility index (Phi) is 6.04. The third-order valence-corrected chi connectivity index (χ3v) is 7.55. The molecule has 2 amide bonds. The third kappa shape index (κ3) is 4.54. The molecule has 30 heavy (non-hydrogen) atoms. The normalized spacial score (nSPS) is 31.7. The maximum absolute atomic E-state index is 12.9. The predicted octanol–water partition coefficient (Wildman–Crippen LogP) is 0.876. The molecule has 0 radical (unpaired) electrons. The van der Waals surface area contributed by atoms with Gasteiger partial charge in [0.25, 0.3) is 0 Å². The summed E-state index contributed by atoms with van der Waals surface area (Å²) in [6, 6.07) is 0.620. The fourth-order valence-electron chi connectivity index (χ4n) is 5.17. The molecule has 4 heterocycles. The zero-order chi connectivity index (χ0) is 20.5. The highest BCUT2D eigenvalue weighted by Crippen LogP contribution is 2.42. The first-order valence-corrected chi connectivity index (χ1v) is 11.9. The maximum atomic E-state index is 12.9. The Morgan fingerprint density at radius 1 is 1.23 bits per heavy atom. The van der Waals surface area contributed by atoms with Crippen LogP contribution in [-0.4, -0.2) is 84.2 Å². The first kappa shape index (κ1) is 20.4. The molecule has 1 aliphatic carbocycles. The van der Waals surface area contributed by atoms with Gasteiger partial charge >= 0.3 is 0 Å². The van der Waals surface area contributed by atoms with E-state index in [2.05, 4.69) is 15.2 Å². The van der Waals surface area contributed by atoms with Crippen LogP contribution in [-0.2, 0) is 25.6 Å². The molecule has 1 N–H and O–H groups in total. The summed E-state index contributed by atoms with van der Waals surface area (Å²) in [5.74, 6) is 0.699. The number of carbonyl (C=O) groups excluding carboxylic acids is 2. The van der Waals surface area contributed by atoms with E-state index in [1.165, 1.54) is 0 Å². The van der Waals surface area contributed by atoms with E-state index >= 15 is 0 Å². The lowest BCUT2D eigenvalue weighted by molar-refractivity contribution is -0.138. The second-order valence-corrected chi connectivity index (χ2v) is 9.85. The van der Waals surface area contributed by atoms with E-state index < -0.39 is 0 Å². The Morgan fingerprint density at radius 2 is 2.07 bits per heavy atom. The van der Waals surface area contributed by atoms with Crippen molar-refractivity contribution in [2.45, 2.75) is 50.4 Å². The Bertz CT molecular complexity index is 750. The monoisotopic (exact) mass is 434 g/mol. The molecule has 0 spiro atoms. The van der Waals surface area contributed by atoms with Crippen LogP contribution in [0.1, 0.15) is 30.7 Å². The van der Waals surface area contributed by atoms with Gasteiger partial charge in [-0.25, -0.2) is 4.98 Å². The minimum absolute atomic E-state index is 0.120. The van der Waals surface area contributed by atoms with Gasteiger partial charge in [0.15, 0.2) is 0 Å². The SMILES string of the molecule is O=C(C[C@@H]1CN(Cc2nccs2)[C@@H]2CO[C@@H](CC(=O)N3CCOCC3)[C@H]12)NC1CC1. The van der Waals surface area contributed by atoms with Crippen LogP contribution in [0.15, 0.2) is 11.6 Å². The number of hydrogen-bond acceptors (Lipinski definition) is 7. The molecule has 0 aromatic carbocycles. The summed E-state index contributed by atoms with van der Waals surface area (Å²) in [4.78, 5) is 34.2. The lowest BCUT2D eigenvalue weighted by Gasteiger charge is -2.29. The number of rotatable bonds is 7. The van der Waals surface area contributed by atoms with Crippen molar-refractivity contribution in [3.8, 4) is 0 Å². The number of amides is 2. The summed E-state index contributed by atoms with van der Waals surface area (Å²) in [6.45, 7) is 4.79. The number of hydrogen-bond donors (Lipinski definition) is 1. The third-order valence-electron chi connectivity index (χ3n) is 6.79. The molecule has 9 heteroatoms. The molecular weight excluding hydrogens is 404 g/mol. The van der Waals surface area contributed by atoms with E-state index in [1.54, 1.807) is 11.3 Å². The molecule has 1 saturated carbocycles. The molecule has 1 aromatic heterocycles. The van der Waals surface area contributed by atoms with E-state index in [0.29, 0.717) is 51.8 Å². The average Bonchev–Trinajstić information content (AvgIpc) is 3.14. The van der Waals surface area contributed by atoms with Crippen LogP contribution in [0.2, 0.25) is 0 Å². The van der Waals surface area contributed by atoms with Gasteiger partial charge in [-0.2, -0.15) is 0 Å². The number of ether oxygens (including phenoxy) is 2. The number of likely N-dealkylation sites (tertiary alicyclic amines) is 1. The quantitative estimate of drug-likeness (QED) is 0.686. The molecule has 5 rings (SSSR count). The molecule has 3 saturated heterocycles. The summed E-state index contributed by atoms with van der Waals surface area (Å²) in [7, 11) is 0. The molecule has 4 aliphatic rings. The molecular formula is C21H30N4O4S. The Balaban J connectivity index is 1.27. The summed E-state index contributed by atoms with van der Waals surface area (Å²) in [5, 5.41) is 6.22. The van der Waals surface area contributed by atoms with Gasteiger partial charge < -0.3 is 19.7 Å². The van der Waals surface area contributed by atoms with E-state index in [0.717, 1.165) is 30.9 Å². The standard InChI is InChI=1S/C21H30N4O4S/c26-18(23-15-1-2-15)9-14-11-25(12-19-22-3-8-30-19)16-13-29-17(21(14)16)10-20(27)24-4-6-28-7-5-24/h3,8,14-17,21H,1-2,4-7,9-13H2,(H,23,26)/t14-,16-,17+,21-/m1/s1. The van der Waals surface area contributed by atoms with Crippen molar-refractivity contribution in [3.63, 3.8) is 0 Å². The van der Waals surface area contributed by atoms with Gasteiger partial charge in [0.2, 0.25) is 11.8 Å². The number of nitrogens with one attached hydrogen (secondary N) is 1. The Morgan fingerprint density at radius 3 is 2.80 bits per heavy atom. The van der Waals surface area contributed by atoms with E-state index in [1.807, 2.05) is 16.5 Å². The summed E-state index contributed by atoms with van der Waals surface area (Å²) in [6.07, 6.45) is 4.82. The molecule has 0 unspecified atom stereocenters. The second kappa shape index (κ2) is 8.90. The fraction of sp³-hybridized carbons (Fsp3) is 0.762. The van der Waals surface area contributed by atoms with Crippen molar-refractivity contribution >= 4 is 23.2 Å². The van der Waals surface area contributed by atoms with Crippen molar-refractivity contribution in [2.75, 3.05) is 39.5 Å². The fourth-order valence-corrected chi connectivity index (χ4v) is 5.81. The zero-order valence-corrected chi connectivity index (χ0v) is 18.0. The predicted molar refractivity (Wildman–Crippen MR) is 111 cm³/mol. The van der Waals surface area contributed by atoms with Crippen LogP contribution in [0.25, 0.3) is 0 Å².